The lowest BCUT2D eigenvalue weighted by Crippen LogP contribution is -2.23. The summed E-state index contributed by atoms with van der Waals surface area (Å²) in [6.07, 6.45) is 22.1. The largest absolute Gasteiger partial charge is 0.490 e. The first-order valence-corrected chi connectivity index (χ1v) is 17.3. The van der Waals surface area contributed by atoms with Crippen LogP contribution in [0, 0.1) is 35.2 Å². The van der Waals surface area contributed by atoms with E-state index in [0.29, 0.717) is 23.3 Å². The molecule has 0 amide bonds. The van der Waals surface area contributed by atoms with Gasteiger partial charge in [0.05, 0.1) is 6.61 Å². The van der Waals surface area contributed by atoms with E-state index in [-0.39, 0.29) is 17.1 Å². The van der Waals surface area contributed by atoms with Gasteiger partial charge in [-0.3, -0.25) is 0 Å². The van der Waals surface area contributed by atoms with Crippen molar-refractivity contribution in [1.82, 2.24) is 0 Å². The summed E-state index contributed by atoms with van der Waals surface area (Å²) >= 11 is 0. The average Bonchev–Trinajstić information content (AvgIpc) is 3.07. The van der Waals surface area contributed by atoms with Crippen LogP contribution in [0.3, 0.4) is 0 Å². The van der Waals surface area contributed by atoms with Crippen LogP contribution in [0.5, 0.6) is 5.75 Å². The Balaban J connectivity index is 1.18. The number of hydrogen-bond donors (Lipinski definition) is 0. The maximum atomic E-state index is 15.4. The molecule has 0 radical (unpaired) electrons. The van der Waals surface area contributed by atoms with Gasteiger partial charge in [0.25, 0.3) is 0 Å². The zero-order valence-corrected chi connectivity index (χ0v) is 27.1. The number of halogens is 3. The van der Waals surface area contributed by atoms with Gasteiger partial charge in [-0.25, -0.2) is 8.78 Å². The molecule has 0 heterocycles. The van der Waals surface area contributed by atoms with E-state index in [2.05, 4.69) is 32.1 Å². The van der Waals surface area contributed by atoms with Crippen molar-refractivity contribution >= 4 is 5.57 Å². The predicted molar refractivity (Wildman–Crippen MR) is 182 cm³/mol. The molecule has 1 unspecified atom stereocenters. The van der Waals surface area contributed by atoms with Crippen molar-refractivity contribution in [3.63, 3.8) is 0 Å². The van der Waals surface area contributed by atoms with E-state index in [0.717, 1.165) is 61.8 Å². The van der Waals surface area contributed by atoms with E-state index < -0.39 is 11.6 Å². The fraction of sp³-hybridized carbons (Fsp3) is 0.463. The van der Waals surface area contributed by atoms with Crippen LogP contribution in [-0.4, -0.2) is 6.61 Å². The summed E-state index contributed by atoms with van der Waals surface area (Å²) in [5.74, 6) is 0.251. The SMILES string of the molecule is CC=CCCC1CCC(C2CC=C(c3ccc(-c4ccc(-c5ccc(OCCCCCC)c(F)c5F)cc4)c(F)c3)CC2)CC1. The van der Waals surface area contributed by atoms with Crippen molar-refractivity contribution in [3.8, 4) is 28.0 Å². The van der Waals surface area contributed by atoms with Crippen molar-refractivity contribution in [3.05, 3.63) is 95.8 Å². The molecule has 45 heavy (non-hydrogen) atoms. The van der Waals surface area contributed by atoms with Gasteiger partial charge in [0, 0.05) is 11.1 Å². The molecule has 2 aliphatic rings. The van der Waals surface area contributed by atoms with Gasteiger partial charge in [-0.15, -0.1) is 0 Å². The third kappa shape index (κ3) is 8.51. The number of benzene rings is 3. The van der Waals surface area contributed by atoms with Crippen molar-refractivity contribution in [2.45, 2.75) is 97.3 Å². The van der Waals surface area contributed by atoms with E-state index in [1.54, 1.807) is 36.4 Å². The van der Waals surface area contributed by atoms with E-state index in [4.69, 9.17) is 4.74 Å². The minimum Gasteiger partial charge on any atom is -0.490 e. The highest BCUT2D eigenvalue weighted by molar-refractivity contribution is 5.74. The van der Waals surface area contributed by atoms with Crippen LogP contribution in [0.2, 0.25) is 0 Å². The van der Waals surface area contributed by atoms with Crippen LogP contribution in [0.4, 0.5) is 13.2 Å². The summed E-state index contributed by atoms with van der Waals surface area (Å²) in [5.41, 5.74) is 4.11. The number of unbranched alkanes of at least 4 members (excludes halogenated alkanes) is 3. The zero-order chi connectivity index (χ0) is 31.6. The van der Waals surface area contributed by atoms with Crippen molar-refractivity contribution in [1.29, 1.82) is 0 Å². The smallest absolute Gasteiger partial charge is 0.201 e. The van der Waals surface area contributed by atoms with E-state index in [1.807, 2.05) is 12.1 Å². The van der Waals surface area contributed by atoms with E-state index in [9.17, 15) is 8.78 Å². The maximum Gasteiger partial charge on any atom is 0.201 e. The zero-order valence-electron chi connectivity index (χ0n) is 27.1. The Morgan fingerprint density at radius 1 is 0.756 bits per heavy atom. The van der Waals surface area contributed by atoms with Crippen LogP contribution in [0.25, 0.3) is 27.8 Å². The molecule has 1 fully saturated rings. The van der Waals surface area contributed by atoms with Crippen molar-refractivity contribution in [2.75, 3.05) is 6.61 Å². The molecule has 1 nitrogen and oxygen atoms in total. The first kappa shape index (κ1) is 33.1. The molecule has 4 heteroatoms. The second-order valence-electron chi connectivity index (χ2n) is 13.1. The van der Waals surface area contributed by atoms with Gasteiger partial charge in [-0.1, -0.05) is 93.7 Å². The molecule has 2 aliphatic carbocycles. The molecule has 0 spiro atoms. The van der Waals surface area contributed by atoms with Gasteiger partial charge in [0.1, 0.15) is 5.82 Å². The van der Waals surface area contributed by atoms with Crippen molar-refractivity contribution < 1.29 is 17.9 Å². The summed E-state index contributed by atoms with van der Waals surface area (Å²) in [6, 6.07) is 15.5. The molecule has 3 aromatic rings. The van der Waals surface area contributed by atoms with Crippen LogP contribution in [0.1, 0.15) is 103 Å². The summed E-state index contributed by atoms with van der Waals surface area (Å²) in [6.45, 7) is 4.59. The first-order chi connectivity index (χ1) is 22.0. The van der Waals surface area contributed by atoms with E-state index in [1.165, 1.54) is 56.6 Å². The third-order valence-electron chi connectivity index (χ3n) is 10.1. The molecule has 3 aromatic carbocycles. The highest BCUT2D eigenvalue weighted by atomic mass is 19.2. The Hall–Kier alpha value is -3.27. The molecule has 5 rings (SSSR count). The second-order valence-corrected chi connectivity index (χ2v) is 13.1. The summed E-state index contributed by atoms with van der Waals surface area (Å²) in [7, 11) is 0. The number of allylic oxidation sites excluding steroid dienone is 4. The number of rotatable bonds is 13. The van der Waals surface area contributed by atoms with Crippen LogP contribution in [0.15, 0.2) is 72.8 Å². The summed E-state index contributed by atoms with van der Waals surface area (Å²) in [5, 5.41) is 0. The standard InChI is InChI=1S/C41H49F3O/c1-3-5-7-9-27-45-39-26-25-37(40(43)41(39)44)34-21-19-33(20-22-34)36-24-23-35(28-38(36)42)32-17-15-31(16-18-32)30-13-11-29(12-14-30)10-8-6-4-2/h4,6,17,19-26,28-31H,3,5,7-16,18,27H2,1-2H3. The minimum atomic E-state index is -0.972. The number of hydrogen-bond acceptors (Lipinski definition) is 1. The molecule has 0 saturated heterocycles. The quantitative estimate of drug-likeness (QED) is 0.137. The van der Waals surface area contributed by atoms with Gasteiger partial charge < -0.3 is 4.74 Å². The molecule has 240 valence electrons. The van der Waals surface area contributed by atoms with E-state index >= 15 is 4.39 Å². The van der Waals surface area contributed by atoms with Gasteiger partial charge in [0.2, 0.25) is 5.82 Å². The molecule has 0 N–H and O–H groups in total. The molecular formula is C41H49F3O. The van der Waals surface area contributed by atoms with Crippen LogP contribution >= 0.6 is 0 Å². The normalized spacial score (nSPS) is 20.4. The summed E-state index contributed by atoms with van der Waals surface area (Å²) < 4.78 is 50.6. The van der Waals surface area contributed by atoms with Crippen molar-refractivity contribution in [2.24, 2.45) is 17.8 Å². The average molecular weight is 615 g/mol. The Kier molecular flexibility index (Phi) is 12.0. The molecule has 0 aromatic heterocycles. The molecule has 0 aliphatic heterocycles. The molecule has 1 saturated carbocycles. The third-order valence-corrected chi connectivity index (χ3v) is 10.1. The lowest BCUT2D eigenvalue weighted by atomic mass is 9.70. The fourth-order valence-corrected chi connectivity index (χ4v) is 7.35. The maximum absolute atomic E-state index is 15.4. The summed E-state index contributed by atoms with van der Waals surface area (Å²) in [4.78, 5) is 0. The monoisotopic (exact) mass is 614 g/mol. The lowest BCUT2D eigenvalue weighted by molar-refractivity contribution is 0.190. The second kappa shape index (κ2) is 16.3. The highest BCUT2D eigenvalue weighted by Gasteiger charge is 2.28. The highest BCUT2D eigenvalue weighted by Crippen LogP contribution is 2.42. The topological polar surface area (TPSA) is 9.23 Å². The van der Waals surface area contributed by atoms with Crippen LogP contribution < -0.4 is 4.74 Å². The molecular weight excluding hydrogens is 565 g/mol. The Morgan fingerprint density at radius 2 is 1.47 bits per heavy atom. The minimum absolute atomic E-state index is 0.0616. The predicted octanol–water partition coefficient (Wildman–Crippen LogP) is 12.7. The Bertz CT molecular complexity index is 1450. The lowest BCUT2D eigenvalue weighted by Gasteiger charge is -2.35. The first-order valence-electron chi connectivity index (χ1n) is 17.3. The van der Waals surface area contributed by atoms with Gasteiger partial charge in [-0.05, 0) is 117 Å². The van der Waals surface area contributed by atoms with Gasteiger partial charge in [-0.2, -0.15) is 4.39 Å². The van der Waals surface area contributed by atoms with Gasteiger partial charge in [0.15, 0.2) is 11.6 Å². The molecule has 0 bridgehead atoms. The fourth-order valence-electron chi connectivity index (χ4n) is 7.35. The molecule has 1 atom stereocenters. The Labute approximate surface area is 268 Å². The number of ether oxygens (including phenoxy) is 1. The van der Waals surface area contributed by atoms with Crippen LogP contribution in [-0.2, 0) is 0 Å². The Morgan fingerprint density at radius 3 is 2.13 bits per heavy atom. The van der Waals surface area contributed by atoms with Gasteiger partial charge >= 0.3 is 0 Å².